The molecule has 0 spiro atoms. The number of fused-ring (bicyclic) bond motifs is 1. The molecule has 0 saturated carbocycles. The number of para-hydroxylation sites is 1. The Morgan fingerprint density at radius 1 is 0.972 bits per heavy atom. The largest absolute Gasteiger partial charge is 0.417 e. The SMILES string of the molecule is CC(NS(=O)(=O)c1ccc(-c2c(I)c3cc(C(F)(F)F)cnc3n2-c2ccccc2)nc1)C(F)(F)F. The van der Waals surface area contributed by atoms with Gasteiger partial charge in [-0.05, 0) is 59.8 Å². The summed E-state index contributed by atoms with van der Waals surface area (Å²) in [5.74, 6) is 0. The third-order valence-corrected chi connectivity index (χ3v) is 7.82. The van der Waals surface area contributed by atoms with E-state index < -0.39 is 38.9 Å². The van der Waals surface area contributed by atoms with Crippen LogP contribution in [0.25, 0.3) is 28.1 Å². The minimum absolute atomic E-state index is 0.178. The van der Waals surface area contributed by atoms with Crippen LogP contribution < -0.4 is 4.72 Å². The van der Waals surface area contributed by atoms with Gasteiger partial charge in [-0.25, -0.2) is 13.4 Å². The van der Waals surface area contributed by atoms with Crippen molar-refractivity contribution in [1.82, 2.24) is 19.3 Å². The van der Waals surface area contributed by atoms with E-state index in [1.807, 2.05) is 22.6 Å². The van der Waals surface area contributed by atoms with Gasteiger partial charge in [-0.1, -0.05) is 18.2 Å². The highest BCUT2D eigenvalue weighted by Gasteiger charge is 2.39. The van der Waals surface area contributed by atoms with E-state index in [1.54, 1.807) is 39.6 Å². The van der Waals surface area contributed by atoms with Crippen molar-refractivity contribution in [3.8, 4) is 17.1 Å². The Balaban J connectivity index is 1.86. The van der Waals surface area contributed by atoms with Crippen molar-refractivity contribution < 1.29 is 34.8 Å². The maximum atomic E-state index is 13.3. The van der Waals surface area contributed by atoms with Crippen molar-refractivity contribution >= 4 is 43.6 Å². The summed E-state index contributed by atoms with van der Waals surface area (Å²) in [5.41, 5.74) is 0.352. The minimum atomic E-state index is -4.78. The monoisotopic (exact) mass is 640 g/mol. The third kappa shape index (κ3) is 5.06. The second-order valence-corrected chi connectivity index (χ2v) is 10.5. The molecule has 0 radical (unpaired) electrons. The lowest BCUT2D eigenvalue weighted by Crippen LogP contribution is -2.42. The number of rotatable bonds is 5. The van der Waals surface area contributed by atoms with E-state index in [2.05, 4.69) is 9.97 Å². The van der Waals surface area contributed by atoms with Gasteiger partial charge in [-0.3, -0.25) is 9.55 Å². The quantitative estimate of drug-likeness (QED) is 0.217. The van der Waals surface area contributed by atoms with Crippen LogP contribution >= 0.6 is 22.6 Å². The molecule has 1 aromatic carbocycles. The summed E-state index contributed by atoms with van der Waals surface area (Å²) in [4.78, 5) is 7.66. The maximum Gasteiger partial charge on any atom is 0.417 e. The van der Waals surface area contributed by atoms with Gasteiger partial charge in [-0.15, -0.1) is 0 Å². The van der Waals surface area contributed by atoms with Crippen molar-refractivity contribution in [3.63, 3.8) is 0 Å². The molecule has 1 N–H and O–H groups in total. The average molecular weight is 640 g/mol. The average Bonchev–Trinajstić information content (AvgIpc) is 3.10. The molecule has 4 aromatic rings. The van der Waals surface area contributed by atoms with E-state index in [1.165, 1.54) is 6.07 Å². The number of nitrogens with one attached hydrogen (secondary N) is 1. The summed E-state index contributed by atoms with van der Waals surface area (Å²) < 4.78 is 107. The van der Waals surface area contributed by atoms with Gasteiger partial charge in [0.25, 0.3) is 0 Å². The highest BCUT2D eigenvalue weighted by atomic mass is 127. The number of alkyl halides is 6. The molecule has 0 bridgehead atoms. The Hall–Kier alpha value is -2.72. The van der Waals surface area contributed by atoms with Crippen LogP contribution in [-0.4, -0.2) is 35.2 Å². The van der Waals surface area contributed by atoms with Crippen LogP contribution in [0.2, 0.25) is 0 Å². The van der Waals surface area contributed by atoms with Crippen LogP contribution in [0.1, 0.15) is 12.5 Å². The molecule has 190 valence electrons. The van der Waals surface area contributed by atoms with Gasteiger partial charge >= 0.3 is 12.4 Å². The molecular weight excluding hydrogens is 625 g/mol. The number of nitrogens with zero attached hydrogens (tertiary/aromatic N) is 3. The van der Waals surface area contributed by atoms with E-state index in [0.717, 1.165) is 24.5 Å². The summed E-state index contributed by atoms with van der Waals surface area (Å²) in [5, 5.41) is 0.198. The van der Waals surface area contributed by atoms with E-state index in [0.29, 0.717) is 21.9 Å². The zero-order valence-corrected chi connectivity index (χ0v) is 21.0. The van der Waals surface area contributed by atoms with Crippen LogP contribution in [-0.2, 0) is 16.2 Å². The predicted octanol–water partition coefficient (Wildman–Crippen LogP) is 5.94. The number of sulfonamides is 1. The van der Waals surface area contributed by atoms with Gasteiger partial charge in [0.05, 0.1) is 20.5 Å². The second kappa shape index (κ2) is 9.30. The Labute approximate surface area is 214 Å². The minimum Gasteiger partial charge on any atom is -0.291 e. The molecule has 0 aliphatic carbocycles. The van der Waals surface area contributed by atoms with Crippen molar-refractivity contribution in [3.05, 3.63) is 70.1 Å². The number of halogens is 7. The van der Waals surface area contributed by atoms with Gasteiger partial charge in [0.2, 0.25) is 10.0 Å². The first-order valence-corrected chi connectivity index (χ1v) is 12.6. The Morgan fingerprint density at radius 3 is 2.19 bits per heavy atom. The van der Waals surface area contributed by atoms with Gasteiger partial charge in [0.15, 0.2) is 0 Å². The lowest BCUT2D eigenvalue weighted by molar-refractivity contribution is -0.147. The smallest absolute Gasteiger partial charge is 0.291 e. The normalized spacial score (nSPS) is 13.8. The number of hydrogen-bond donors (Lipinski definition) is 1. The Bertz CT molecular complexity index is 1520. The molecule has 1 unspecified atom stereocenters. The fraction of sp³-hybridized carbons (Fsp3) is 0.182. The summed E-state index contributed by atoms with van der Waals surface area (Å²) in [7, 11) is -4.54. The van der Waals surface area contributed by atoms with Crippen LogP contribution in [0, 0.1) is 3.57 Å². The van der Waals surface area contributed by atoms with E-state index >= 15 is 0 Å². The molecule has 3 aromatic heterocycles. The lowest BCUT2D eigenvalue weighted by atomic mass is 10.2. The molecule has 6 nitrogen and oxygen atoms in total. The molecule has 0 saturated heterocycles. The first kappa shape index (κ1) is 26.3. The number of aromatic nitrogens is 3. The van der Waals surface area contributed by atoms with Crippen LogP contribution in [0.4, 0.5) is 26.3 Å². The number of benzene rings is 1. The first-order valence-electron chi connectivity index (χ1n) is 10.1. The van der Waals surface area contributed by atoms with Gasteiger partial charge in [0, 0.05) is 23.5 Å². The first-order chi connectivity index (χ1) is 16.7. The van der Waals surface area contributed by atoms with Gasteiger partial charge in [0.1, 0.15) is 16.6 Å². The van der Waals surface area contributed by atoms with Crippen molar-refractivity contribution in [2.24, 2.45) is 0 Å². The standard InChI is InChI=1S/C22H15F6IN4O2S/c1-12(21(23,24)25)32-36(34,35)15-7-8-17(30-11-15)19-18(29)16-9-13(22(26,27)28)10-31-20(16)33(19)14-5-3-2-4-6-14/h2-12,32H,1H3. The number of pyridine rings is 2. The molecule has 3 heterocycles. The third-order valence-electron chi connectivity index (χ3n) is 5.20. The maximum absolute atomic E-state index is 13.3. The van der Waals surface area contributed by atoms with Crippen molar-refractivity contribution in [2.75, 3.05) is 0 Å². The topological polar surface area (TPSA) is 76.9 Å². The van der Waals surface area contributed by atoms with Crippen LogP contribution in [0.5, 0.6) is 0 Å². The molecule has 4 rings (SSSR count). The summed E-state index contributed by atoms with van der Waals surface area (Å²) >= 11 is 1.86. The summed E-state index contributed by atoms with van der Waals surface area (Å²) in [6.45, 7) is 0.669. The van der Waals surface area contributed by atoms with E-state index in [-0.39, 0.29) is 16.7 Å². The molecule has 1 atom stereocenters. The van der Waals surface area contributed by atoms with Crippen LogP contribution in [0.15, 0.2) is 65.8 Å². The lowest BCUT2D eigenvalue weighted by Gasteiger charge is -2.17. The van der Waals surface area contributed by atoms with Crippen LogP contribution in [0.3, 0.4) is 0 Å². The molecule has 14 heteroatoms. The van der Waals surface area contributed by atoms with E-state index in [9.17, 15) is 34.8 Å². The van der Waals surface area contributed by atoms with E-state index in [4.69, 9.17) is 0 Å². The highest BCUT2D eigenvalue weighted by molar-refractivity contribution is 14.1. The zero-order chi connectivity index (χ0) is 26.5. The summed E-state index contributed by atoms with van der Waals surface area (Å²) in [6.07, 6.45) is -7.79. The Kier molecular flexibility index (Phi) is 6.81. The molecular formula is C22H15F6IN4O2S. The zero-order valence-electron chi connectivity index (χ0n) is 18.1. The van der Waals surface area contributed by atoms with Gasteiger partial charge < -0.3 is 0 Å². The highest BCUT2D eigenvalue weighted by Crippen LogP contribution is 2.38. The summed E-state index contributed by atoms with van der Waals surface area (Å²) in [6, 6.07) is 9.60. The molecule has 0 aliphatic rings. The molecule has 0 aliphatic heterocycles. The van der Waals surface area contributed by atoms with Crippen molar-refractivity contribution in [1.29, 1.82) is 0 Å². The second-order valence-electron chi connectivity index (χ2n) is 7.69. The molecule has 36 heavy (non-hydrogen) atoms. The fourth-order valence-electron chi connectivity index (χ4n) is 3.39. The Morgan fingerprint density at radius 2 is 1.64 bits per heavy atom. The van der Waals surface area contributed by atoms with Crippen molar-refractivity contribution in [2.45, 2.75) is 30.2 Å². The van der Waals surface area contributed by atoms with Gasteiger partial charge in [-0.2, -0.15) is 31.1 Å². The predicted molar refractivity (Wildman–Crippen MR) is 128 cm³/mol. The fourth-order valence-corrected chi connectivity index (χ4v) is 5.47. The number of hydrogen-bond acceptors (Lipinski definition) is 4. The molecule has 0 amide bonds. The molecule has 0 fully saturated rings.